The second-order valence-corrected chi connectivity index (χ2v) is 7.47. The van der Waals surface area contributed by atoms with Gasteiger partial charge in [0.15, 0.2) is 5.58 Å². The summed E-state index contributed by atoms with van der Waals surface area (Å²) in [6, 6.07) is 17.1. The number of anilines is 1. The number of benzene rings is 2. The standard InChI is InChI=1S/C22H18ClN3O3/c23-14-7-8-18-20(12-14)29-22(25-18)24-15-9-10-26(13-15)21(27)17-5-2-1-4-16(17)19-6-3-11-28-19/h1-8,11-12,15H,9-10,13H2,(H,24,25)/t15-/m1/s1. The van der Waals surface area contributed by atoms with Crippen LogP contribution in [-0.2, 0) is 0 Å². The highest BCUT2D eigenvalue weighted by atomic mass is 35.5. The summed E-state index contributed by atoms with van der Waals surface area (Å²) in [5.74, 6) is 0.679. The Bertz CT molecular complexity index is 1170. The van der Waals surface area contributed by atoms with Crippen LogP contribution in [0.1, 0.15) is 16.8 Å². The Hall–Kier alpha value is -3.25. The van der Waals surface area contributed by atoms with Gasteiger partial charge in [-0.1, -0.05) is 29.8 Å². The number of rotatable bonds is 4. The van der Waals surface area contributed by atoms with Crippen LogP contribution < -0.4 is 5.32 Å². The van der Waals surface area contributed by atoms with Crippen LogP contribution in [0.2, 0.25) is 5.02 Å². The molecule has 1 N–H and O–H groups in total. The maximum absolute atomic E-state index is 13.1. The van der Waals surface area contributed by atoms with E-state index in [-0.39, 0.29) is 11.9 Å². The lowest BCUT2D eigenvalue weighted by atomic mass is 10.0. The lowest BCUT2D eigenvalue weighted by molar-refractivity contribution is 0.0792. The third-order valence-electron chi connectivity index (χ3n) is 5.10. The zero-order chi connectivity index (χ0) is 19.8. The molecule has 4 aromatic rings. The zero-order valence-electron chi connectivity index (χ0n) is 15.5. The number of likely N-dealkylation sites (tertiary alicyclic amines) is 1. The van der Waals surface area contributed by atoms with Gasteiger partial charge in [-0.05, 0) is 36.8 Å². The number of nitrogens with zero attached hydrogens (tertiary/aromatic N) is 2. The molecule has 1 aliphatic rings. The minimum atomic E-state index is -0.00866. The highest BCUT2D eigenvalue weighted by Gasteiger charge is 2.29. The van der Waals surface area contributed by atoms with E-state index in [0.717, 1.165) is 17.5 Å². The van der Waals surface area contributed by atoms with E-state index in [0.29, 0.717) is 41.0 Å². The smallest absolute Gasteiger partial charge is 0.295 e. The second-order valence-electron chi connectivity index (χ2n) is 7.04. The molecule has 0 spiro atoms. The van der Waals surface area contributed by atoms with E-state index < -0.39 is 0 Å². The monoisotopic (exact) mass is 407 g/mol. The Kier molecular flexibility index (Phi) is 4.48. The van der Waals surface area contributed by atoms with Crippen LogP contribution in [0.3, 0.4) is 0 Å². The molecule has 5 rings (SSSR count). The summed E-state index contributed by atoms with van der Waals surface area (Å²) >= 11 is 6.00. The van der Waals surface area contributed by atoms with Crippen molar-refractivity contribution in [2.45, 2.75) is 12.5 Å². The molecule has 146 valence electrons. The van der Waals surface area contributed by atoms with Gasteiger partial charge in [0.25, 0.3) is 11.9 Å². The van der Waals surface area contributed by atoms with Gasteiger partial charge in [0, 0.05) is 35.8 Å². The second kappa shape index (κ2) is 7.29. The molecule has 2 aromatic heterocycles. The quantitative estimate of drug-likeness (QED) is 0.511. The van der Waals surface area contributed by atoms with Crippen molar-refractivity contribution in [1.29, 1.82) is 0 Å². The molecule has 3 heterocycles. The largest absolute Gasteiger partial charge is 0.464 e. The van der Waals surface area contributed by atoms with E-state index in [4.69, 9.17) is 20.4 Å². The highest BCUT2D eigenvalue weighted by molar-refractivity contribution is 6.31. The molecule has 2 aromatic carbocycles. The average molecular weight is 408 g/mol. The minimum Gasteiger partial charge on any atom is -0.464 e. The first-order valence-corrected chi connectivity index (χ1v) is 9.80. The number of nitrogens with one attached hydrogen (secondary N) is 1. The van der Waals surface area contributed by atoms with Crippen molar-refractivity contribution >= 4 is 34.6 Å². The Balaban J connectivity index is 1.31. The van der Waals surface area contributed by atoms with E-state index in [2.05, 4.69) is 10.3 Å². The first kappa shape index (κ1) is 17.8. The normalized spacial score (nSPS) is 16.4. The number of halogens is 1. The number of fused-ring (bicyclic) bond motifs is 1. The van der Waals surface area contributed by atoms with Crippen LogP contribution in [0.25, 0.3) is 22.4 Å². The average Bonchev–Trinajstić information content (AvgIpc) is 3.48. The fraction of sp³-hybridized carbons (Fsp3) is 0.182. The molecule has 29 heavy (non-hydrogen) atoms. The lowest BCUT2D eigenvalue weighted by Crippen LogP contribution is -2.31. The molecule has 0 radical (unpaired) electrons. The van der Waals surface area contributed by atoms with E-state index >= 15 is 0 Å². The molecule has 0 unspecified atom stereocenters. The summed E-state index contributed by atoms with van der Waals surface area (Å²) in [7, 11) is 0. The number of oxazole rings is 1. The Morgan fingerprint density at radius 1 is 1.17 bits per heavy atom. The number of hydrogen-bond donors (Lipinski definition) is 1. The van der Waals surface area contributed by atoms with Crippen LogP contribution in [0.5, 0.6) is 0 Å². The van der Waals surface area contributed by atoms with Gasteiger partial charge >= 0.3 is 0 Å². The van der Waals surface area contributed by atoms with Crippen molar-refractivity contribution in [3.05, 3.63) is 71.4 Å². The van der Waals surface area contributed by atoms with Crippen molar-refractivity contribution in [2.75, 3.05) is 18.4 Å². The van der Waals surface area contributed by atoms with Gasteiger partial charge in [-0.25, -0.2) is 0 Å². The maximum atomic E-state index is 13.1. The van der Waals surface area contributed by atoms with Crippen molar-refractivity contribution in [2.24, 2.45) is 0 Å². The number of amides is 1. The number of hydrogen-bond acceptors (Lipinski definition) is 5. The molecule has 0 aliphatic carbocycles. The van der Waals surface area contributed by atoms with Crippen LogP contribution in [-0.4, -0.2) is 34.9 Å². The number of aromatic nitrogens is 1. The number of furan rings is 1. The number of carbonyl (C=O) groups excluding carboxylic acids is 1. The summed E-state index contributed by atoms with van der Waals surface area (Å²) in [6.07, 6.45) is 2.42. The molecule has 1 aliphatic heterocycles. The van der Waals surface area contributed by atoms with Gasteiger partial charge in [-0.3, -0.25) is 4.79 Å². The Morgan fingerprint density at radius 3 is 2.93 bits per heavy atom. The van der Waals surface area contributed by atoms with Gasteiger partial charge in [-0.15, -0.1) is 0 Å². The molecule has 1 fully saturated rings. The summed E-state index contributed by atoms with van der Waals surface area (Å²) in [5.41, 5.74) is 2.82. The predicted octanol–water partition coefficient (Wildman–Crippen LogP) is 5.07. The van der Waals surface area contributed by atoms with E-state index in [1.807, 2.05) is 47.4 Å². The van der Waals surface area contributed by atoms with Gasteiger partial charge in [0.2, 0.25) is 0 Å². The van der Waals surface area contributed by atoms with Crippen LogP contribution in [0, 0.1) is 0 Å². The molecule has 1 amide bonds. The minimum absolute atomic E-state index is 0.00866. The van der Waals surface area contributed by atoms with Gasteiger partial charge in [0.1, 0.15) is 11.3 Å². The fourth-order valence-electron chi connectivity index (χ4n) is 3.68. The van der Waals surface area contributed by atoms with Crippen LogP contribution in [0.15, 0.2) is 69.7 Å². The highest BCUT2D eigenvalue weighted by Crippen LogP contribution is 2.28. The van der Waals surface area contributed by atoms with Crippen LogP contribution >= 0.6 is 11.6 Å². The van der Waals surface area contributed by atoms with Crippen molar-refractivity contribution in [3.8, 4) is 11.3 Å². The molecular formula is C22H18ClN3O3. The van der Waals surface area contributed by atoms with Crippen molar-refractivity contribution < 1.29 is 13.6 Å². The van der Waals surface area contributed by atoms with Gasteiger partial charge in [-0.2, -0.15) is 4.98 Å². The van der Waals surface area contributed by atoms with E-state index in [9.17, 15) is 4.79 Å². The Labute approximate surface area is 172 Å². The zero-order valence-corrected chi connectivity index (χ0v) is 16.2. The first-order valence-electron chi connectivity index (χ1n) is 9.42. The predicted molar refractivity (Wildman–Crippen MR) is 111 cm³/mol. The van der Waals surface area contributed by atoms with Crippen LogP contribution in [0.4, 0.5) is 6.01 Å². The van der Waals surface area contributed by atoms with Crippen molar-refractivity contribution in [3.63, 3.8) is 0 Å². The SMILES string of the molecule is O=C(c1ccccc1-c1ccco1)N1CC[C@@H](Nc2nc3ccc(Cl)cc3o2)C1. The fourth-order valence-corrected chi connectivity index (χ4v) is 3.85. The molecule has 1 atom stereocenters. The topological polar surface area (TPSA) is 71.5 Å². The van der Waals surface area contributed by atoms with Gasteiger partial charge in [0.05, 0.1) is 11.8 Å². The molecule has 7 heteroatoms. The molecule has 0 bridgehead atoms. The van der Waals surface area contributed by atoms with E-state index in [1.54, 1.807) is 18.4 Å². The van der Waals surface area contributed by atoms with E-state index in [1.165, 1.54) is 0 Å². The molecule has 1 saturated heterocycles. The molecule has 0 saturated carbocycles. The summed E-state index contributed by atoms with van der Waals surface area (Å²) in [4.78, 5) is 19.4. The summed E-state index contributed by atoms with van der Waals surface area (Å²) < 4.78 is 11.2. The van der Waals surface area contributed by atoms with Crippen molar-refractivity contribution in [1.82, 2.24) is 9.88 Å². The lowest BCUT2D eigenvalue weighted by Gasteiger charge is -2.18. The third kappa shape index (κ3) is 3.47. The Morgan fingerprint density at radius 2 is 2.07 bits per heavy atom. The maximum Gasteiger partial charge on any atom is 0.295 e. The van der Waals surface area contributed by atoms with Gasteiger partial charge < -0.3 is 19.1 Å². The number of carbonyl (C=O) groups is 1. The molecular weight excluding hydrogens is 390 g/mol. The molecule has 6 nitrogen and oxygen atoms in total. The summed E-state index contributed by atoms with van der Waals surface area (Å²) in [6.45, 7) is 1.24. The first-order chi connectivity index (χ1) is 14.2. The third-order valence-corrected chi connectivity index (χ3v) is 5.33. The summed E-state index contributed by atoms with van der Waals surface area (Å²) in [5, 5.41) is 3.90.